The molecular weight excluding hydrogens is 408 g/mol. The highest BCUT2D eigenvalue weighted by Gasteiger charge is 2.40. The van der Waals surface area contributed by atoms with E-state index in [0.29, 0.717) is 49.2 Å². The molecule has 1 unspecified atom stereocenters. The van der Waals surface area contributed by atoms with E-state index < -0.39 is 11.6 Å². The zero-order chi connectivity index (χ0) is 22.1. The summed E-state index contributed by atoms with van der Waals surface area (Å²) in [5, 5.41) is 19.8. The maximum atomic E-state index is 12.4. The minimum atomic E-state index is -1.37. The second kappa shape index (κ2) is 11.2. The zero-order valence-electron chi connectivity index (χ0n) is 17.4. The molecule has 0 saturated heterocycles. The Morgan fingerprint density at radius 2 is 1.87 bits per heavy atom. The molecule has 0 bridgehead atoms. The number of benzene rings is 1. The molecule has 0 radical (unpaired) electrons. The maximum Gasteiger partial charge on any atom is 0.303 e. The van der Waals surface area contributed by atoms with Crippen LogP contribution < -0.4 is 9.47 Å². The predicted octanol–water partition coefficient (Wildman–Crippen LogP) is 4.42. The van der Waals surface area contributed by atoms with Crippen molar-refractivity contribution in [1.82, 2.24) is 0 Å². The lowest BCUT2D eigenvalue weighted by Gasteiger charge is -2.22. The van der Waals surface area contributed by atoms with Gasteiger partial charge in [0.2, 0.25) is 5.78 Å². The fourth-order valence-corrected chi connectivity index (χ4v) is 3.88. The second-order valence-electron chi connectivity index (χ2n) is 7.40. The SMILES string of the molecule is COc1ccc(CCCC2(O)C=C(Cl)C(=O)/C2=C/CCCCCC(=O)O)cc1OC. The fourth-order valence-electron chi connectivity index (χ4n) is 3.60. The summed E-state index contributed by atoms with van der Waals surface area (Å²) in [5.41, 5.74) is -0.0103. The van der Waals surface area contributed by atoms with Gasteiger partial charge in [0, 0.05) is 12.0 Å². The molecule has 0 heterocycles. The van der Waals surface area contributed by atoms with Crippen LogP contribution in [0.4, 0.5) is 0 Å². The van der Waals surface area contributed by atoms with Crippen molar-refractivity contribution in [3.8, 4) is 11.5 Å². The van der Waals surface area contributed by atoms with Crippen LogP contribution in [0.15, 0.2) is 41.0 Å². The number of hydrogen-bond acceptors (Lipinski definition) is 5. The molecule has 0 fully saturated rings. The Morgan fingerprint density at radius 3 is 2.53 bits per heavy atom. The van der Waals surface area contributed by atoms with E-state index in [9.17, 15) is 14.7 Å². The van der Waals surface area contributed by atoms with E-state index in [0.717, 1.165) is 18.4 Å². The van der Waals surface area contributed by atoms with Crippen LogP contribution in [0.5, 0.6) is 11.5 Å². The van der Waals surface area contributed by atoms with Crippen LogP contribution in [-0.4, -0.2) is 41.8 Å². The van der Waals surface area contributed by atoms with Crippen LogP contribution >= 0.6 is 11.6 Å². The van der Waals surface area contributed by atoms with Gasteiger partial charge >= 0.3 is 5.97 Å². The Balaban J connectivity index is 1.95. The number of halogens is 1. The van der Waals surface area contributed by atoms with Crippen LogP contribution in [0.1, 0.15) is 50.5 Å². The van der Waals surface area contributed by atoms with Crippen molar-refractivity contribution in [1.29, 1.82) is 0 Å². The molecule has 164 valence electrons. The van der Waals surface area contributed by atoms with Crippen LogP contribution in [0.3, 0.4) is 0 Å². The smallest absolute Gasteiger partial charge is 0.303 e. The van der Waals surface area contributed by atoms with Crippen molar-refractivity contribution < 1.29 is 29.3 Å². The molecule has 1 atom stereocenters. The van der Waals surface area contributed by atoms with Crippen molar-refractivity contribution in [3.05, 3.63) is 46.5 Å². The summed E-state index contributed by atoms with van der Waals surface area (Å²) in [6.45, 7) is 0. The summed E-state index contributed by atoms with van der Waals surface area (Å²) in [6.07, 6.45) is 7.73. The van der Waals surface area contributed by atoms with Gasteiger partial charge in [-0.25, -0.2) is 0 Å². The number of ketones is 1. The predicted molar refractivity (Wildman–Crippen MR) is 115 cm³/mol. The fraction of sp³-hybridized carbons (Fsp3) is 0.478. The number of aryl methyl sites for hydroxylation is 1. The number of carbonyl (C=O) groups excluding carboxylic acids is 1. The number of aliphatic carboxylic acids is 1. The minimum Gasteiger partial charge on any atom is -0.493 e. The van der Waals surface area contributed by atoms with Gasteiger partial charge in [0.25, 0.3) is 0 Å². The van der Waals surface area contributed by atoms with E-state index in [1.807, 2.05) is 18.2 Å². The molecule has 1 aromatic rings. The van der Waals surface area contributed by atoms with Crippen molar-refractivity contribution in [2.24, 2.45) is 0 Å². The van der Waals surface area contributed by atoms with Crippen LogP contribution in [0.2, 0.25) is 0 Å². The van der Waals surface area contributed by atoms with Gasteiger partial charge in [-0.3, -0.25) is 9.59 Å². The summed E-state index contributed by atoms with van der Waals surface area (Å²) < 4.78 is 10.6. The lowest BCUT2D eigenvalue weighted by molar-refractivity contribution is -0.137. The van der Waals surface area contributed by atoms with Gasteiger partial charge in [-0.05, 0) is 62.3 Å². The molecule has 1 aliphatic carbocycles. The Kier molecular flexibility index (Phi) is 8.93. The van der Waals surface area contributed by atoms with Gasteiger partial charge in [0.05, 0.1) is 19.3 Å². The molecule has 0 amide bonds. The van der Waals surface area contributed by atoms with E-state index in [2.05, 4.69) is 0 Å². The van der Waals surface area contributed by atoms with Crippen molar-refractivity contribution in [2.45, 2.75) is 57.0 Å². The highest BCUT2D eigenvalue weighted by Crippen LogP contribution is 2.37. The Hall–Kier alpha value is -2.31. The Morgan fingerprint density at radius 1 is 1.13 bits per heavy atom. The number of methoxy groups -OCH3 is 2. The number of hydrogen-bond donors (Lipinski definition) is 2. The average Bonchev–Trinajstić information content (AvgIpc) is 2.92. The topological polar surface area (TPSA) is 93.1 Å². The van der Waals surface area contributed by atoms with Gasteiger partial charge in [-0.15, -0.1) is 0 Å². The van der Waals surface area contributed by atoms with Gasteiger partial charge in [0.15, 0.2) is 11.5 Å². The third kappa shape index (κ3) is 6.34. The first-order valence-corrected chi connectivity index (χ1v) is 10.5. The highest BCUT2D eigenvalue weighted by molar-refractivity contribution is 6.46. The molecule has 0 spiro atoms. The standard InChI is InChI=1S/C23H29ClO6/c1-29-19-12-11-16(14-20(19)30-2)8-7-13-23(28)15-18(24)22(27)17(23)9-5-3-4-6-10-21(25)26/h9,11-12,14-15,28H,3-8,10,13H2,1-2H3,(H,25,26)/b17-9-. The van der Waals surface area contributed by atoms with Crippen LogP contribution in [0, 0.1) is 0 Å². The van der Waals surface area contributed by atoms with Crippen molar-refractivity contribution >= 4 is 23.4 Å². The van der Waals surface area contributed by atoms with Crippen molar-refractivity contribution in [3.63, 3.8) is 0 Å². The second-order valence-corrected chi connectivity index (χ2v) is 7.81. The number of Topliss-reactive ketones (excluding diaryl/α,β-unsaturated/α-hetero) is 1. The number of unbranched alkanes of at least 4 members (excludes halogenated alkanes) is 3. The minimum absolute atomic E-state index is 0.0424. The molecule has 1 aliphatic rings. The number of carbonyl (C=O) groups is 2. The zero-order valence-corrected chi connectivity index (χ0v) is 18.2. The monoisotopic (exact) mass is 436 g/mol. The Bertz CT molecular complexity index is 829. The largest absolute Gasteiger partial charge is 0.493 e. The normalized spacial score (nSPS) is 19.8. The summed E-state index contributed by atoms with van der Waals surface area (Å²) in [5.74, 6) is 0.163. The summed E-state index contributed by atoms with van der Waals surface area (Å²) in [4.78, 5) is 22.9. The first kappa shape index (κ1) is 24.0. The number of carboxylic acids is 1. The van der Waals surface area contributed by atoms with E-state index in [1.54, 1.807) is 20.3 Å². The average molecular weight is 437 g/mol. The number of aliphatic hydroxyl groups is 1. The first-order chi connectivity index (χ1) is 14.3. The summed E-state index contributed by atoms with van der Waals surface area (Å²) in [7, 11) is 3.17. The summed E-state index contributed by atoms with van der Waals surface area (Å²) >= 11 is 6.02. The summed E-state index contributed by atoms with van der Waals surface area (Å²) in [6, 6.07) is 5.69. The van der Waals surface area contributed by atoms with Crippen LogP contribution in [-0.2, 0) is 16.0 Å². The van der Waals surface area contributed by atoms with E-state index in [1.165, 1.54) is 6.08 Å². The lowest BCUT2D eigenvalue weighted by atomic mass is 9.89. The molecule has 2 N–H and O–H groups in total. The van der Waals surface area contributed by atoms with E-state index in [4.69, 9.17) is 26.2 Å². The third-order valence-corrected chi connectivity index (χ3v) is 5.49. The van der Waals surface area contributed by atoms with Gasteiger partial charge in [-0.1, -0.05) is 30.2 Å². The van der Waals surface area contributed by atoms with Crippen LogP contribution in [0.25, 0.3) is 0 Å². The van der Waals surface area contributed by atoms with Gasteiger partial charge in [-0.2, -0.15) is 0 Å². The molecule has 7 heteroatoms. The molecule has 0 aromatic heterocycles. The number of allylic oxidation sites excluding steroid dienone is 2. The first-order valence-electron chi connectivity index (χ1n) is 10.1. The number of carboxylic acid groups (broad SMARTS) is 1. The van der Waals surface area contributed by atoms with Gasteiger partial charge < -0.3 is 19.7 Å². The van der Waals surface area contributed by atoms with E-state index >= 15 is 0 Å². The number of ether oxygens (including phenoxy) is 2. The quantitative estimate of drug-likeness (QED) is 0.372. The Labute approximate surface area is 182 Å². The molecular formula is C23H29ClO6. The third-order valence-electron chi connectivity index (χ3n) is 5.21. The lowest BCUT2D eigenvalue weighted by Crippen LogP contribution is -2.28. The molecule has 0 saturated carbocycles. The maximum absolute atomic E-state index is 12.4. The molecule has 2 rings (SSSR count). The highest BCUT2D eigenvalue weighted by atomic mass is 35.5. The molecule has 0 aliphatic heterocycles. The molecule has 30 heavy (non-hydrogen) atoms. The van der Waals surface area contributed by atoms with Crippen molar-refractivity contribution in [2.75, 3.05) is 14.2 Å². The molecule has 6 nitrogen and oxygen atoms in total. The number of rotatable bonds is 12. The van der Waals surface area contributed by atoms with E-state index in [-0.39, 0.29) is 17.2 Å². The molecule has 1 aromatic carbocycles. The van der Waals surface area contributed by atoms with Gasteiger partial charge in [0.1, 0.15) is 5.60 Å².